The van der Waals surface area contributed by atoms with Crippen LogP contribution in [0.4, 0.5) is 0 Å². The number of rotatable bonds is 7. The predicted octanol–water partition coefficient (Wildman–Crippen LogP) is 3.23. The van der Waals surface area contributed by atoms with Gasteiger partial charge >= 0.3 is 0 Å². The van der Waals surface area contributed by atoms with Crippen LogP contribution in [-0.4, -0.2) is 19.8 Å². The summed E-state index contributed by atoms with van der Waals surface area (Å²) in [5, 5.41) is 2.98. The number of methoxy groups -OCH3 is 1. The highest BCUT2D eigenvalue weighted by atomic mass is 16.7. The Morgan fingerprint density at radius 3 is 2.09 bits per heavy atom. The largest absolute Gasteiger partial charge is 0.359 e. The molecule has 22 heavy (non-hydrogen) atoms. The van der Waals surface area contributed by atoms with Gasteiger partial charge in [-0.2, -0.15) is 0 Å². The fourth-order valence-corrected chi connectivity index (χ4v) is 2.20. The molecule has 2 aromatic rings. The van der Waals surface area contributed by atoms with E-state index in [2.05, 4.69) is 5.32 Å². The first-order chi connectivity index (χ1) is 10.7. The van der Waals surface area contributed by atoms with Crippen LogP contribution in [0.25, 0.3) is 0 Å². The van der Waals surface area contributed by atoms with Crippen LogP contribution in [0, 0.1) is 0 Å². The highest BCUT2D eigenvalue weighted by molar-refractivity contribution is 5.82. The van der Waals surface area contributed by atoms with Gasteiger partial charge in [0.2, 0.25) is 0 Å². The topological polar surface area (TPSA) is 47.6 Å². The third-order valence-corrected chi connectivity index (χ3v) is 3.35. The summed E-state index contributed by atoms with van der Waals surface area (Å²) in [7, 11) is 1.53. The van der Waals surface area contributed by atoms with Gasteiger partial charge in [0.05, 0.1) is 6.04 Å². The minimum Gasteiger partial charge on any atom is -0.359 e. The van der Waals surface area contributed by atoms with Crippen LogP contribution >= 0.6 is 0 Å². The first-order valence-corrected chi connectivity index (χ1v) is 7.23. The van der Waals surface area contributed by atoms with E-state index in [-0.39, 0.29) is 18.7 Å². The summed E-state index contributed by atoms with van der Waals surface area (Å²) in [4.78, 5) is 12.5. The van der Waals surface area contributed by atoms with Gasteiger partial charge in [-0.15, -0.1) is 0 Å². The molecule has 4 heteroatoms. The smallest absolute Gasteiger partial charge is 0.254 e. The van der Waals surface area contributed by atoms with Gasteiger partial charge in [-0.3, -0.25) is 4.79 Å². The summed E-state index contributed by atoms with van der Waals surface area (Å²) < 4.78 is 10.5. The van der Waals surface area contributed by atoms with Crippen molar-refractivity contribution in [1.82, 2.24) is 5.32 Å². The highest BCUT2D eigenvalue weighted by Crippen LogP contribution is 2.20. The molecule has 2 atom stereocenters. The number of hydrogen-bond donors (Lipinski definition) is 1. The maximum Gasteiger partial charge on any atom is 0.254 e. The summed E-state index contributed by atoms with van der Waals surface area (Å²) in [6.45, 7) is 2.01. The molecule has 0 radical (unpaired) electrons. The molecule has 0 bridgehead atoms. The Hall–Kier alpha value is -2.17. The molecule has 0 unspecified atom stereocenters. The molecule has 0 saturated heterocycles. The van der Waals surface area contributed by atoms with Gasteiger partial charge in [-0.25, -0.2) is 0 Å². The zero-order valence-corrected chi connectivity index (χ0v) is 12.9. The van der Waals surface area contributed by atoms with Crippen molar-refractivity contribution in [3.05, 3.63) is 71.8 Å². The second kappa shape index (κ2) is 8.32. The van der Waals surface area contributed by atoms with E-state index < -0.39 is 6.10 Å². The van der Waals surface area contributed by atoms with Crippen LogP contribution < -0.4 is 5.32 Å². The number of benzene rings is 2. The molecule has 0 spiro atoms. The van der Waals surface area contributed by atoms with Gasteiger partial charge < -0.3 is 14.8 Å². The van der Waals surface area contributed by atoms with E-state index in [9.17, 15) is 4.79 Å². The SMILES string of the molecule is COCO[C@H](C(=O)N[C@@H](C)c1ccccc1)c1ccccc1. The van der Waals surface area contributed by atoms with Gasteiger partial charge in [0.25, 0.3) is 5.91 Å². The second-order valence-corrected chi connectivity index (χ2v) is 5.00. The van der Waals surface area contributed by atoms with E-state index in [4.69, 9.17) is 9.47 Å². The monoisotopic (exact) mass is 299 g/mol. The lowest BCUT2D eigenvalue weighted by Gasteiger charge is -2.21. The van der Waals surface area contributed by atoms with E-state index >= 15 is 0 Å². The van der Waals surface area contributed by atoms with Crippen molar-refractivity contribution in [2.24, 2.45) is 0 Å². The number of carbonyl (C=O) groups excluding carboxylic acids is 1. The average Bonchev–Trinajstić information content (AvgIpc) is 2.57. The molecule has 0 aromatic heterocycles. The highest BCUT2D eigenvalue weighted by Gasteiger charge is 2.23. The Labute approximate surface area is 131 Å². The van der Waals surface area contributed by atoms with Gasteiger partial charge in [0.1, 0.15) is 6.79 Å². The second-order valence-electron chi connectivity index (χ2n) is 5.00. The molecule has 0 saturated carbocycles. The van der Waals surface area contributed by atoms with Crippen LogP contribution in [-0.2, 0) is 14.3 Å². The van der Waals surface area contributed by atoms with Gasteiger partial charge in [0.15, 0.2) is 6.10 Å². The number of carbonyl (C=O) groups is 1. The maximum absolute atomic E-state index is 12.5. The van der Waals surface area contributed by atoms with Crippen LogP contribution in [0.3, 0.4) is 0 Å². The molecule has 0 aliphatic rings. The molecule has 0 heterocycles. The molecule has 0 aliphatic carbocycles. The quantitative estimate of drug-likeness (QED) is 0.799. The molecule has 4 nitrogen and oxygen atoms in total. The minimum atomic E-state index is -0.688. The molecule has 1 N–H and O–H groups in total. The summed E-state index contributed by atoms with van der Waals surface area (Å²) in [6, 6.07) is 19.1. The van der Waals surface area contributed by atoms with Crippen molar-refractivity contribution in [3.8, 4) is 0 Å². The average molecular weight is 299 g/mol. The summed E-state index contributed by atoms with van der Waals surface area (Å²) in [5.74, 6) is -0.181. The minimum absolute atomic E-state index is 0.0622. The molecule has 2 rings (SSSR count). The Bertz CT molecular complexity index is 571. The normalized spacial score (nSPS) is 13.4. The van der Waals surface area contributed by atoms with Gasteiger partial charge in [-0.1, -0.05) is 60.7 Å². The lowest BCUT2D eigenvalue weighted by molar-refractivity contribution is -0.143. The molecular weight excluding hydrogens is 278 g/mol. The van der Waals surface area contributed by atoms with Gasteiger partial charge in [0, 0.05) is 7.11 Å². The van der Waals surface area contributed by atoms with E-state index in [1.54, 1.807) is 0 Å². The lowest BCUT2D eigenvalue weighted by atomic mass is 10.1. The van der Waals surface area contributed by atoms with E-state index in [1.165, 1.54) is 7.11 Å². The van der Waals surface area contributed by atoms with Crippen LogP contribution in [0.5, 0.6) is 0 Å². The zero-order chi connectivity index (χ0) is 15.8. The molecular formula is C18H21NO3. The Morgan fingerprint density at radius 2 is 1.55 bits per heavy atom. The van der Waals surface area contributed by atoms with E-state index in [1.807, 2.05) is 67.6 Å². The maximum atomic E-state index is 12.5. The summed E-state index contributed by atoms with van der Waals surface area (Å²) in [6.07, 6.45) is -0.688. The Morgan fingerprint density at radius 1 is 1.00 bits per heavy atom. The number of ether oxygens (including phenoxy) is 2. The van der Waals surface area contributed by atoms with Crippen molar-refractivity contribution in [3.63, 3.8) is 0 Å². The fourth-order valence-electron chi connectivity index (χ4n) is 2.20. The number of nitrogens with one attached hydrogen (secondary N) is 1. The fraction of sp³-hybridized carbons (Fsp3) is 0.278. The van der Waals surface area contributed by atoms with E-state index in [0.717, 1.165) is 11.1 Å². The Balaban J connectivity index is 2.09. The predicted molar refractivity (Wildman–Crippen MR) is 85.1 cm³/mol. The first kappa shape index (κ1) is 16.2. The van der Waals surface area contributed by atoms with Crippen LogP contribution in [0.15, 0.2) is 60.7 Å². The summed E-state index contributed by atoms with van der Waals surface area (Å²) in [5.41, 5.74) is 1.85. The van der Waals surface area contributed by atoms with Gasteiger partial charge in [-0.05, 0) is 18.1 Å². The molecule has 0 fully saturated rings. The zero-order valence-electron chi connectivity index (χ0n) is 12.9. The van der Waals surface area contributed by atoms with Crippen LogP contribution in [0.2, 0.25) is 0 Å². The molecule has 1 amide bonds. The van der Waals surface area contributed by atoms with Crippen molar-refractivity contribution < 1.29 is 14.3 Å². The Kier molecular flexibility index (Phi) is 6.13. The van der Waals surface area contributed by atoms with Crippen molar-refractivity contribution >= 4 is 5.91 Å². The van der Waals surface area contributed by atoms with Crippen LogP contribution in [0.1, 0.15) is 30.2 Å². The molecule has 2 aromatic carbocycles. The standard InChI is InChI=1S/C18H21NO3/c1-14(15-9-5-3-6-10-15)19-18(20)17(22-13-21-2)16-11-7-4-8-12-16/h3-12,14,17H,13H2,1-2H3,(H,19,20)/t14-,17-/m0/s1. The lowest BCUT2D eigenvalue weighted by Crippen LogP contribution is -2.33. The molecule has 116 valence electrons. The third-order valence-electron chi connectivity index (χ3n) is 3.35. The van der Waals surface area contributed by atoms with Crippen molar-refractivity contribution in [1.29, 1.82) is 0 Å². The number of hydrogen-bond acceptors (Lipinski definition) is 3. The number of amides is 1. The first-order valence-electron chi connectivity index (χ1n) is 7.23. The third kappa shape index (κ3) is 4.41. The molecule has 0 aliphatic heterocycles. The van der Waals surface area contributed by atoms with E-state index in [0.29, 0.717) is 0 Å². The van der Waals surface area contributed by atoms with Crippen molar-refractivity contribution in [2.45, 2.75) is 19.1 Å². The summed E-state index contributed by atoms with van der Waals surface area (Å²) >= 11 is 0. The van der Waals surface area contributed by atoms with Crippen molar-refractivity contribution in [2.75, 3.05) is 13.9 Å².